The van der Waals surface area contributed by atoms with Crippen LogP contribution in [0, 0.1) is 0 Å². The van der Waals surface area contributed by atoms with Crippen molar-refractivity contribution in [3.05, 3.63) is 51.5 Å². The van der Waals surface area contributed by atoms with Crippen LogP contribution in [0.4, 0.5) is 0 Å². The number of thiophene rings is 1. The predicted molar refractivity (Wildman–Crippen MR) is 118 cm³/mol. The zero-order valence-electron chi connectivity index (χ0n) is 17.7. The van der Waals surface area contributed by atoms with Crippen LogP contribution in [-0.4, -0.2) is 65.1 Å². The van der Waals surface area contributed by atoms with Crippen molar-refractivity contribution in [2.24, 2.45) is 0 Å². The molecule has 0 radical (unpaired) electrons. The smallest absolute Gasteiger partial charge is 0.290 e. The fourth-order valence-corrected chi connectivity index (χ4v) is 6.18. The lowest BCUT2D eigenvalue weighted by Crippen LogP contribution is -2.45. The number of rotatable bonds is 3. The van der Waals surface area contributed by atoms with Gasteiger partial charge in [-0.2, -0.15) is 0 Å². The molecule has 0 bridgehead atoms. The van der Waals surface area contributed by atoms with Crippen LogP contribution >= 0.6 is 11.3 Å². The topological polar surface area (TPSA) is 83.0 Å². The third kappa shape index (κ3) is 4.81. The minimum atomic E-state index is -0.250. The van der Waals surface area contributed by atoms with Crippen LogP contribution in [0.15, 0.2) is 30.6 Å². The van der Waals surface area contributed by atoms with E-state index in [1.807, 2.05) is 23.4 Å². The summed E-state index contributed by atoms with van der Waals surface area (Å²) < 4.78 is 6.40. The number of pyridine rings is 1. The van der Waals surface area contributed by atoms with Gasteiger partial charge in [0, 0.05) is 50.0 Å². The minimum absolute atomic E-state index is 0.187. The van der Waals surface area contributed by atoms with E-state index < -0.39 is 0 Å². The van der Waals surface area contributed by atoms with E-state index in [9.17, 15) is 4.79 Å². The number of hydrogen-bond donors (Lipinski definition) is 1. The number of hydrogen-bond acceptors (Lipinski definition) is 6. The number of carbonyl (C=O) groups excluding carboxylic acids is 1. The van der Waals surface area contributed by atoms with Gasteiger partial charge in [0.1, 0.15) is 5.60 Å². The Morgan fingerprint density at radius 1 is 1.26 bits per heavy atom. The Hall–Kier alpha value is -2.29. The maximum absolute atomic E-state index is 12.9. The maximum atomic E-state index is 12.9. The van der Waals surface area contributed by atoms with Crippen LogP contribution in [0.25, 0.3) is 0 Å². The first-order chi connectivity index (χ1) is 15.1. The standard InChI is InChI=1S/C22H27N3O2S.CH2O2/c26-21(25-9-1-2-10-25)19-14-18-5-13-27-22(20(18)28-19)6-11-24(12-7-22)16-17-4-3-8-23-15-17;2-1-3/h3-4,8,14-15H,1-2,5-7,9-13,16H2;1H,(H,2,3). The van der Waals surface area contributed by atoms with Gasteiger partial charge in [-0.25, -0.2) is 0 Å². The molecular formula is C23H29N3O4S. The average molecular weight is 444 g/mol. The molecule has 2 aromatic heterocycles. The average Bonchev–Trinajstić information content (AvgIpc) is 3.47. The van der Waals surface area contributed by atoms with E-state index in [1.54, 1.807) is 11.3 Å². The zero-order chi connectivity index (χ0) is 21.7. The Morgan fingerprint density at radius 3 is 2.68 bits per heavy atom. The highest BCUT2D eigenvalue weighted by molar-refractivity contribution is 7.14. The highest BCUT2D eigenvalue weighted by Crippen LogP contribution is 2.45. The fraction of sp³-hybridized carbons (Fsp3) is 0.522. The second-order valence-electron chi connectivity index (χ2n) is 8.30. The molecule has 5 heterocycles. The van der Waals surface area contributed by atoms with Crippen molar-refractivity contribution in [1.29, 1.82) is 0 Å². The van der Waals surface area contributed by atoms with Crippen molar-refractivity contribution in [2.75, 3.05) is 32.8 Å². The number of amides is 1. The van der Waals surface area contributed by atoms with Gasteiger partial charge >= 0.3 is 0 Å². The van der Waals surface area contributed by atoms with E-state index in [0.717, 1.165) is 76.3 Å². The van der Waals surface area contributed by atoms with Gasteiger partial charge in [0.15, 0.2) is 0 Å². The number of ether oxygens (including phenoxy) is 1. The van der Waals surface area contributed by atoms with Gasteiger partial charge in [-0.3, -0.25) is 19.5 Å². The summed E-state index contributed by atoms with van der Waals surface area (Å²) >= 11 is 1.70. The van der Waals surface area contributed by atoms with Crippen molar-refractivity contribution >= 4 is 23.7 Å². The van der Waals surface area contributed by atoms with E-state index in [4.69, 9.17) is 14.6 Å². The number of carbonyl (C=O) groups is 2. The van der Waals surface area contributed by atoms with E-state index in [1.165, 1.54) is 16.0 Å². The molecule has 0 aliphatic carbocycles. The highest BCUT2D eigenvalue weighted by Gasteiger charge is 2.43. The maximum Gasteiger partial charge on any atom is 0.290 e. The van der Waals surface area contributed by atoms with E-state index >= 15 is 0 Å². The molecule has 3 aliphatic rings. The minimum Gasteiger partial charge on any atom is -0.483 e. The first kappa shape index (κ1) is 21.9. The number of piperidine rings is 1. The Balaban J connectivity index is 0.000000730. The largest absolute Gasteiger partial charge is 0.483 e. The molecule has 3 aliphatic heterocycles. The molecule has 2 fully saturated rings. The third-order valence-electron chi connectivity index (χ3n) is 6.37. The second kappa shape index (κ2) is 9.89. The molecule has 7 nitrogen and oxygen atoms in total. The third-order valence-corrected chi connectivity index (χ3v) is 7.72. The monoisotopic (exact) mass is 443 g/mol. The van der Waals surface area contributed by atoms with Crippen LogP contribution in [0.3, 0.4) is 0 Å². The molecule has 31 heavy (non-hydrogen) atoms. The van der Waals surface area contributed by atoms with Gasteiger partial charge in [0.2, 0.25) is 0 Å². The lowest BCUT2D eigenvalue weighted by atomic mass is 9.85. The summed E-state index contributed by atoms with van der Waals surface area (Å²) in [6.07, 6.45) is 8.98. The normalized spacial score (nSPS) is 20.1. The molecule has 2 aromatic rings. The Kier molecular flexibility index (Phi) is 6.99. The lowest BCUT2D eigenvalue weighted by Gasteiger charge is -2.43. The highest BCUT2D eigenvalue weighted by atomic mass is 32.1. The van der Waals surface area contributed by atoms with Crippen molar-refractivity contribution in [3.63, 3.8) is 0 Å². The van der Waals surface area contributed by atoms with Gasteiger partial charge in [0.25, 0.3) is 12.4 Å². The zero-order valence-corrected chi connectivity index (χ0v) is 18.5. The molecule has 0 saturated carbocycles. The lowest BCUT2D eigenvalue weighted by molar-refractivity contribution is -0.122. The Bertz CT molecular complexity index is 887. The number of nitrogens with zero attached hydrogens (tertiary/aromatic N) is 3. The summed E-state index contributed by atoms with van der Waals surface area (Å²) in [4.78, 5) is 32.2. The summed E-state index contributed by atoms with van der Waals surface area (Å²) in [6.45, 7) is 5.31. The summed E-state index contributed by atoms with van der Waals surface area (Å²) in [7, 11) is 0. The van der Waals surface area contributed by atoms with Gasteiger partial charge < -0.3 is 14.7 Å². The van der Waals surface area contributed by atoms with Crippen LogP contribution in [-0.2, 0) is 28.1 Å². The molecule has 0 aromatic carbocycles. The number of fused-ring (bicyclic) bond motifs is 2. The number of likely N-dealkylation sites (tertiary alicyclic amines) is 2. The van der Waals surface area contributed by atoms with Crippen LogP contribution < -0.4 is 0 Å². The first-order valence-corrected chi connectivity index (χ1v) is 11.7. The van der Waals surface area contributed by atoms with Crippen molar-refractivity contribution in [3.8, 4) is 0 Å². The number of carboxylic acid groups (broad SMARTS) is 1. The molecule has 0 atom stereocenters. The van der Waals surface area contributed by atoms with E-state index in [0.29, 0.717) is 0 Å². The van der Waals surface area contributed by atoms with E-state index in [2.05, 4.69) is 22.0 Å². The van der Waals surface area contributed by atoms with Gasteiger partial charge in [0.05, 0.1) is 11.5 Å². The summed E-state index contributed by atoms with van der Waals surface area (Å²) in [5.74, 6) is 0.223. The van der Waals surface area contributed by atoms with Crippen LogP contribution in [0.5, 0.6) is 0 Å². The molecule has 1 spiro atoms. The summed E-state index contributed by atoms with van der Waals surface area (Å²) in [5.41, 5.74) is 2.42. The van der Waals surface area contributed by atoms with E-state index in [-0.39, 0.29) is 18.0 Å². The first-order valence-electron chi connectivity index (χ1n) is 10.9. The molecule has 0 unspecified atom stereocenters. The Morgan fingerprint density at radius 2 is 2.00 bits per heavy atom. The molecule has 1 N–H and O–H groups in total. The molecule has 8 heteroatoms. The summed E-state index contributed by atoms with van der Waals surface area (Å²) in [6, 6.07) is 6.30. The molecule has 166 valence electrons. The van der Waals surface area contributed by atoms with Crippen molar-refractivity contribution in [1.82, 2.24) is 14.8 Å². The molecule has 2 saturated heterocycles. The van der Waals surface area contributed by atoms with Gasteiger partial charge in [-0.1, -0.05) is 6.07 Å². The number of aromatic nitrogens is 1. The van der Waals surface area contributed by atoms with Crippen LogP contribution in [0.2, 0.25) is 0 Å². The quantitative estimate of drug-likeness (QED) is 0.734. The SMILES string of the molecule is O=C(c1cc2c(s1)C1(CCN(Cc3cccnc3)CC1)OCC2)N1CCCC1.O=CO. The van der Waals surface area contributed by atoms with Crippen LogP contribution in [0.1, 0.15) is 51.4 Å². The fourth-order valence-electron chi connectivity index (χ4n) is 4.80. The van der Waals surface area contributed by atoms with Crippen molar-refractivity contribution < 1.29 is 19.4 Å². The Labute approximate surface area is 186 Å². The second-order valence-corrected chi connectivity index (χ2v) is 9.35. The molecular weight excluding hydrogens is 414 g/mol. The summed E-state index contributed by atoms with van der Waals surface area (Å²) in [5, 5.41) is 6.89. The van der Waals surface area contributed by atoms with Crippen molar-refractivity contribution in [2.45, 2.75) is 44.2 Å². The molecule has 1 amide bonds. The predicted octanol–water partition coefficient (Wildman–Crippen LogP) is 3.14. The molecule has 5 rings (SSSR count). The van der Waals surface area contributed by atoms with Gasteiger partial charge in [-0.05, 0) is 55.4 Å². The van der Waals surface area contributed by atoms with Gasteiger partial charge in [-0.15, -0.1) is 11.3 Å².